The molecule has 1 N–H and O–H groups in total. The van der Waals surface area contributed by atoms with Crippen LogP contribution in [0.3, 0.4) is 0 Å². The monoisotopic (exact) mass is 486 g/mol. The van der Waals surface area contributed by atoms with Gasteiger partial charge in [-0.1, -0.05) is 174 Å². The van der Waals surface area contributed by atoms with E-state index in [1.807, 2.05) is 12.1 Å². The van der Waals surface area contributed by atoms with Gasteiger partial charge in [0, 0.05) is 5.56 Å². The molecular formula is C34H62O. The van der Waals surface area contributed by atoms with Crippen molar-refractivity contribution in [3.8, 4) is 5.75 Å². The maximum absolute atomic E-state index is 10.9. The molecule has 1 rings (SSSR count). The summed E-state index contributed by atoms with van der Waals surface area (Å²) >= 11 is 0. The summed E-state index contributed by atoms with van der Waals surface area (Å²) in [6, 6.07) is 8.33. The van der Waals surface area contributed by atoms with Crippen LogP contribution in [0.2, 0.25) is 0 Å². The fourth-order valence-electron chi connectivity index (χ4n) is 5.96. The smallest absolute Gasteiger partial charge is 0.119 e. The van der Waals surface area contributed by atoms with Crippen LogP contribution in [0.15, 0.2) is 24.3 Å². The molecule has 0 fully saturated rings. The SMILES string of the molecule is CCCCCCCCCCC(CCCCCCC)(CCCCCCCCCC)c1ccccc1O. The van der Waals surface area contributed by atoms with Gasteiger partial charge in [-0.15, -0.1) is 0 Å². The first-order chi connectivity index (χ1) is 17.2. The Balaban J connectivity index is 2.73. The van der Waals surface area contributed by atoms with E-state index in [1.165, 1.54) is 160 Å². The standard InChI is InChI=1S/C34H62O/c1-4-7-10-13-15-17-20-25-30-34(29-24-19-12-9-6-3,32-27-22-23-28-33(32)35)31-26-21-18-16-14-11-8-5-2/h22-23,27-28,35H,4-21,24-26,29-31H2,1-3H3. The quantitative estimate of drug-likeness (QED) is 0.136. The summed E-state index contributed by atoms with van der Waals surface area (Å²) in [7, 11) is 0. The van der Waals surface area contributed by atoms with Crippen molar-refractivity contribution in [2.75, 3.05) is 0 Å². The molecule has 0 spiro atoms. The van der Waals surface area contributed by atoms with Crippen LogP contribution in [0.5, 0.6) is 5.75 Å². The molecule has 1 heteroatoms. The van der Waals surface area contributed by atoms with Crippen LogP contribution >= 0.6 is 0 Å². The number of para-hydroxylation sites is 1. The molecular weight excluding hydrogens is 424 g/mol. The maximum atomic E-state index is 10.9. The third kappa shape index (κ3) is 15.0. The lowest BCUT2D eigenvalue weighted by atomic mass is 9.69. The highest BCUT2D eigenvalue weighted by atomic mass is 16.3. The van der Waals surface area contributed by atoms with Crippen molar-refractivity contribution in [2.24, 2.45) is 0 Å². The van der Waals surface area contributed by atoms with Crippen LogP contribution in [0.25, 0.3) is 0 Å². The van der Waals surface area contributed by atoms with Gasteiger partial charge in [0.05, 0.1) is 0 Å². The number of aromatic hydroxyl groups is 1. The molecule has 1 aromatic carbocycles. The van der Waals surface area contributed by atoms with E-state index in [4.69, 9.17) is 0 Å². The highest BCUT2D eigenvalue weighted by molar-refractivity contribution is 5.38. The van der Waals surface area contributed by atoms with Crippen LogP contribution in [0.1, 0.15) is 180 Å². The van der Waals surface area contributed by atoms with E-state index in [9.17, 15) is 5.11 Å². The van der Waals surface area contributed by atoms with Gasteiger partial charge in [0.1, 0.15) is 5.75 Å². The van der Waals surface area contributed by atoms with Crippen molar-refractivity contribution in [2.45, 2.75) is 180 Å². The van der Waals surface area contributed by atoms with E-state index in [0.717, 1.165) is 0 Å². The molecule has 0 atom stereocenters. The van der Waals surface area contributed by atoms with Crippen molar-refractivity contribution in [1.29, 1.82) is 0 Å². The molecule has 0 saturated carbocycles. The van der Waals surface area contributed by atoms with Gasteiger partial charge in [-0.3, -0.25) is 0 Å². The fraction of sp³-hybridized carbons (Fsp3) is 0.824. The van der Waals surface area contributed by atoms with Crippen LogP contribution in [0.4, 0.5) is 0 Å². The molecule has 0 heterocycles. The molecule has 204 valence electrons. The number of unbranched alkanes of at least 4 members (excludes halogenated alkanes) is 18. The summed E-state index contributed by atoms with van der Waals surface area (Å²) < 4.78 is 0. The van der Waals surface area contributed by atoms with Crippen molar-refractivity contribution in [1.82, 2.24) is 0 Å². The predicted octanol–water partition coefficient (Wildman–Crippen LogP) is 12.1. The van der Waals surface area contributed by atoms with Crippen LogP contribution in [-0.4, -0.2) is 5.11 Å². The molecule has 0 unspecified atom stereocenters. The summed E-state index contributed by atoms with van der Waals surface area (Å²) in [6.45, 7) is 6.90. The number of hydrogen-bond acceptors (Lipinski definition) is 1. The van der Waals surface area contributed by atoms with Crippen molar-refractivity contribution < 1.29 is 5.11 Å². The molecule has 0 radical (unpaired) electrons. The summed E-state index contributed by atoms with van der Waals surface area (Å²) in [5.41, 5.74) is 1.42. The Morgan fingerprint density at radius 2 is 0.771 bits per heavy atom. The first kappa shape index (κ1) is 32.0. The second kappa shape index (κ2) is 22.2. The fourth-order valence-corrected chi connectivity index (χ4v) is 5.96. The highest BCUT2D eigenvalue weighted by Crippen LogP contribution is 2.44. The largest absolute Gasteiger partial charge is 0.508 e. The molecule has 1 nitrogen and oxygen atoms in total. The molecule has 0 aliphatic carbocycles. The number of hydrogen-bond donors (Lipinski definition) is 1. The van der Waals surface area contributed by atoms with Gasteiger partial charge in [0.2, 0.25) is 0 Å². The minimum Gasteiger partial charge on any atom is -0.508 e. The number of rotatable bonds is 25. The Kier molecular flexibility index (Phi) is 20.4. The topological polar surface area (TPSA) is 20.2 Å². The van der Waals surface area contributed by atoms with E-state index in [1.54, 1.807) is 0 Å². The number of benzene rings is 1. The lowest BCUT2D eigenvalue weighted by molar-refractivity contribution is 0.289. The highest BCUT2D eigenvalue weighted by Gasteiger charge is 2.33. The van der Waals surface area contributed by atoms with E-state index >= 15 is 0 Å². The van der Waals surface area contributed by atoms with E-state index in [0.29, 0.717) is 5.75 Å². The van der Waals surface area contributed by atoms with E-state index in [2.05, 4.69) is 32.9 Å². The Labute approximate surface area is 220 Å². The zero-order valence-corrected chi connectivity index (χ0v) is 24.2. The Morgan fingerprint density at radius 3 is 1.11 bits per heavy atom. The molecule has 35 heavy (non-hydrogen) atoms. The molecule has 1 aromatic rings. The molecule has 0 saturated heterocycles. The van der Waals surface area contributed by atoms with Gasteiger partial charge in [-0.2, -0.15) is 0 Å². The molecule has 0 bridgehead atoms. The Bertz CT molecular complexity index is 558. The van der Waals surface area contributed by atoms with Crippen molar-refractivity contribution in [3.05, 3.63) is 29.8 Å². The van der Waals surface area contributed by atoms with Gasteiger partial charge in [0.15, 0.2) is 0 Å². The molecule has 0 aromatic heterocycles. The van der Waals surface area contributed by atoms with Gasteiger partial charge in [-0.05, 0) is 30.7 Å². The maximum Gasteiger partial charge on any atom is 0.119 e. The predicted molar refractivity (Wildman–Crippen MR) is 158 cm³/mol. The number of phenolic OH excluding ortho intramolecular Hbond substituents is 1. The second-order valence-corrected chi connectivity index (χ2v) is 11.4. The van der Waals surface area contributed by atoms with Crippen LogP contribution < -0.4 is 0 Å². The van der Waals surface area contributed by atoms with Crippen LogP contribution in [-0.2, 0) is 5.41 Å². The molecule has 0 aliphatic heterocycles. The minimum atomic E-state index is 0.169. The summed E-state index contributed by atoms with van der Waals surface area (Å²) in [4.78, 5) is 0. The average molecular weight is 487 g/mol. The summed E-state index contributed by atoms with van der Waals surface area (Å²) in [5.74, 6) is 0.542. The second-order valence-electron chi connectivity index (χ2n) is 11.4. The zero-order valence-electron chi connectivity index (χ0n) is 24.2. The lowest BCUT2D eigenvalue weighted by Crippen LogP contribution is -2.27. The average Bonchev–Trinajstić information content (AvgIpc) is 2.87. The summed E-state index contributed by atoms with van der Waals surface area (Å²) in [6.07, 6.45) is 32.5. The third-order valence-electron chi connectivity index (χ3n) is 8.25. The van der Waals surface area contributed by atoms with Gasteiger partial charge in [-0.25, -0.2) is 0 Å². The zero-order chi connectivity index (χ0) is 25.5. The first-order valence-electron chi connectivity index (χ1n) is 16.0. The van der Waals surface area contributed by atoms with E-state index < -0.39 is 0 Å². The van der Waals surface area contributed by atoms with Crippen LogP contribution in [0, 0.1) is 0 Å². The van der Waals surface area contributed by atoms with Crippen molar-refractivity contribution >= 4 is 0 Å². The Morgan fingerprint density at radius 1 is 0.457 bits per heavy atom. The first-order valence-corrected chi connectivity index (χ1v) is 16.0. The Hall–Kier alpha value is -0.980. The van der Waals surface area contributed by atoms with Gasteiger partial charge >= 0.3 is 0 Å². The lowest BCUT2D eigenvalue weighted by Gasteiger charge is -2.36. The van der Waals surface area contributed by atoms with E-state index in [-0.39, 0.29) is 5.41 Å². The van der Waals surface area contributed by atoms with Crippen molar-refractivity contribution in [3.63, 3.8) is 0 Å². The van der Waals surface area contributed by atoms with Gasteiger partial charge in [0.25, 0.3) is 0 Å². The number of phenols is 1. The summed E-state index contributed by atoms with van der Waals surface area (Å²) in [5, 5.41) is 10.9. The molecule has 0 amide bonds. The molecule has 0 aliphatic rings. The minimum absolute atomic E-state index is 0.169. The normalized spacial score (nSPS) is 11.9. The third-order valence-corrected chi connectivity index (χ3v) is 8.25. The van der Waals surface area contributed by atoms with Gasteiger partial charge < -0.3 is 5.11 Å².